The van der Waals surface area contributed by atoms with Crippen molar-refractivity contribution in [2.45, 2.75) is 19.3 Å². The molecular weight excluding hydrogens is 212 g/mol. The van der Waals surface area contributed by atoms with Gasteiger partial charge < -0.3 is 10.2 Å². The first-order valence-corrected chi connectivity index (χ1v) is 5.38. The normalized spacial score (nSPS) is 24.7. The molecule has 0 bridgehead atoms. The molecule has 2 unspecified atom stereocenters. The zero-order valence-corrected chi connectivity index (χ0v) is 9.08. The van der Waals surface area contributed by atoms with Crippen LogP contribution in [0.25, 0.3) is 11.1 Å². The molecule has 2 N–H and O–H groups in total. The van der Waals surface area contributed by atoms with Gasteiger partial charge in [-0.05, 0) is 18.4 Å². The third-order valence-corrected chi connectivity index (χ3v) is 3.28. The molecule has 0 aliphatic heterocycles. The Hall–Kier alpha value is -1.22. The Morgan fingerprint density at radius 3 is 2.93 bits per heavy atom. The number of halogens is 1. The lowest BCUT2D eigenvalue weighted by Gasteiger charge is -1.94. The van der Waals surface area contributed by atoms with E-state index in [0.29, 0.717) is 22.5 Å². The van der Waals surface area contributed by atoms with Crippen LogP contribution in [0.5, 0.6) is 0 Å². The molecule has 0 radical (unpaired) electrons. The van der Waals surface area contributed by atoms with Crippen LogP contribution >= 0.6 is 11.6 Å². The van der Waals surface area contributed by atoms with E-state index in [2.05, 4.69) is 11.9 Å². The highest BCUT2D eigenvalue weighted by Gasteiger charge is 2.38. The molecule has 78 valence electrons. The van der Waals surface area contributed by atoms with Gasteiger partial charge in [0.2, 0.25) is 0 Å². The van der Waals surface area contributed by atoms with Gasteiger partial charge in [0.05, 0.1) is 10.7 Å². The molecule has 0 spiro atoms. The number of oxazole rings is 1. The number of nitrogens with zero attached hydrogens (tertiary/aromatic N) is 1. The Morgan fingerprint density at radius 2 is 2.27 bits per heavy atom. The van der Waals surface area contributed by atoms with Crippen molar-refractivity contribution in [3.63, 3.8) is 0 Å². The standard InChI is InChI=1S/C11H11ClN2O/c1-5-2-6(5)11-14-9-3-7(12)8(13)4-10(9)15-11/h3-6H,2,13H2,1H3. The Labute approximate surface area is 92.2 Å². The smallest absolute Gasteiger partial charge is 0.198 e. The molecule has 4 heteroatoms. The van der Waals surface area contributed by atoms with Crippen molar-refractivity contribution in [1.82, 2.24) is 4.98 Å². The van der Waals surface area contributed by atoms with Crippen molar-refractivity contribution < 1.29 is 4.42 Å². The number of anilines is 1. The molecule has 1 aliphatic rings. The summed E-state index contributed by atoms with van der Waals surface area (Å²) in [6.45, 7) is 2.20. The Bertz CT molecular complexity index is 496. The summed E-state index contributed by atoms with van der Waals surface area (Å²) in [6.07, 6.45) is 1.16. The van der Waals surface area contributed by atoms with Crippen molar-refractivity contribution in [3.8, 4) is 0 Å². The van der Waals surface area contributed by atoms with Crippen LogP contribution in [0, 0.1) is 5.92 Å². The number of hydrogen-bond acceptors (Lipinski definition) is 3. The van der Waals surface area contributed by atoms with Crippen LogP contribution in [0.2, 0.25) is 5.02 Å². The molecule has 3 nitrogen and oxygen atoms in total. The summed E-state index contributed by atoms with van der Waals surface area (Å²) in [7, 11) is 0. The number of fused-ring (bicyclic) bond motifs is 1. The second-order valence-corrected chi connectivity index (χ2v) is 4.62. The summed E-state index contributed by atoms with van der Waals surface area (Å²) in [5.41, 5.74) is 7.75. The fourth-order valence-corrected chi connectivity index (χ4v) is 1.96. The van der Waals surface area contributed by atoms with Crippen molar-refractivity contribution in [2.75, 3.05) is 5.73 Å². The topological polar surface area (TPSA) is 52.0 Å². The van der Waals surface area contributed by atoms with Crippen LogP contribution in [0.15, 0.2) is 16.5 Å². The zero-order valence-electron chi connectivity index (χ0n) is 8.33. The van der Waals surface area contributed by atoms with Crippen LogP contribution in [0.1, 0.15) is 25.2 Å². The first-order valence-electron chi connectivity index (χ1n) is 5.00. The van der Waals surface area contributed by atoms with E-state index < -0.39 is 0 Å². The van der Waals surface area contributed by atoms with Gasteiger partial charge >= 0.3 is 0 Å². The lowest BCUT2D eigenvalue weighted by molar-refractivity contribution is 0.525. The van der Waals surface area contributed by atoms with Gasteiger partial charge in [0.1, 0.15) is 5.52 Å². The number of nitrogens with two attached hydrogens (primary N) is 1. The molecular formula is C11H11ClN2O. The monoisotopic (exact) mass is 222 g/mol. The van der Waals surface area contributed by atoms with Crippen LogP contribution in [0.4, 0.5) is 5.69 Å². The van der Waals surface area contributed by atoms with E-state index in [1.165, 1.54) is 0 Å². The fraction of sp³-hybridized carbons (Fsp3) is 0.364. The Morgan fingerprint density at radius 1 is 1.53 bits per heavy atom. The number of rotatable bonds is 1. The number of nitrogen functional groups attached to an aromatic ring is 1. The average Bonchev–Trinajstić information content (AvgIpc) is 2.76. The zero-order chi connectivity index (χ0) is 10.6. The third-order valence-electron chi connectivity index (χ3n) is 2.95. The average molecular weight is 223 g/mol. The first kappa shape index (κ1) is 9.04. The molecule has 2 atom stereocenters. The molecule has 0 amide bonds. The van der Waals surface area contributed by atoms with Crippen molar-refractivity contribution in [3.05, 3.63) is 23.0 Å². The molecule has 1 fully saturated rings. The van der Waals surface area contributed by atoms with Crippen LogP contribution < -0.4 is 5.73 Å². The van der Waals surface area contributed by atoms with E-state index in [1.807, 2.05) is 0 Å². The number of benzene rings is 1. The van der Waals surface area contributed by atoms with E-state index in [4.69, 9.17) is 21.8 Å². The molecule has 0 saturated heterocycles. The highest BCUT2D eigenvalue weighted by Crippen LogP contribution is 2.47. The summed E-state index contributed by atoms with van der Waals surface area (Å²) < 4.78 is 5.65. The van der Waals surface area contributed by atoms with Crippen LogP contribution in [0.3, 0.4) is 0 Å². The highest BCUT2D eigenvalue weighted by molar-refractivity contribution is 6.33. The minimum absolute atomic E-state index is 0.484. The van der Waals surface area contributed by atoms with Crippen LogP contribution in [-0.4, -0.2) is 4.98 Å². The predicted molar refractivity (Wildman–Crippen MR) is 60.0 cm³/mol. The maximum Gasteiger partial charge on any atom is 0.198 e. The minimum Gasteiger partial charge on any atom is -0.440 e. The van der Waals surface area contributed by atoms with Gasteiger partial charge in [0, 0.05) is 12.0 Å². The second-order valence-electron chi connectivity index (χ2n) is 4.21. The molecule has 2 aromatic rings. The van der Waals surface area contributed by atoms with Crippen molar-refractivity contribution in [1.29, 1.82) is 0 Å². The van der Waals surface area contributed by atoms with E-state index in [0.717, 1.165) is 23.4 Å². The van der Waals surface area contributed by atoms with Gasteiger partial charge in [-0.25, -0.2) is 4.98 Å². The summed E-state index contributed by atoms with van der Waals surface area (Å²) in [5, 5.41) is 0.534. The molecule has 1 aromatic carbocycles. The van der Waals surface area contributed by atoms with E-state index in [-0.39, 0.29) is 0 Å². The fourth-order valence-electron chi connectivity index (χ4n) is 1.81. The third kappa shape index (κ3) is 1.38. The van der Waals surface area contributed by atoms with E-state index in [1.54, 1.807) is 12.1 Å². The van der Waals surface area contributed by atoms with Crippen molar-refractivity contribution >= 4 is 28.4 Å². The van der Waals surface area contributed by atoms with Gasteiger partial charge in [0.15, 0.2) is 11.5 Å². The largest absolute Gasteiger partial charge is 0.440 e. The van der Waals surface area contributed by atoms with Gasteiger partial charge in [-0.15, -0.1) is 0 Å². The number of aromatic nitrogens is 1. The van der Waals surface area contributed by atoms with Gasteiger partial charge in [-0.2, -0.15) is 0 Å². The lowest BCUT2D eigenvalue weighted by atomic mass is 10.3. The second kappa shape index (κ2) is 2.89. The summed E-state index contributed by atoms with van der Waals surface area (Å²) in [5.74, 6) is 1.99. The van der Waals surface area contributed by atoms with Gasteiger partial charge in [0.25, 0.3) is 0 Å². The van der Waals surface area contributed by atoms with Gasteiger partial charge in [-0.1, -0.05) is 18.5 Å². The predicted octanol–water partition coefficient (Wildman–Crippen LogP) is 3.19. The minimum atomic E-state index is 0.484. The molecule has 1 heterocycles. The highest BCUT2D eigenvalue weighted by atomic mass is 35.5. The van der Waals surface area contributed by atoms with Gasteiger partial charge in [-0.3, -0.25) is 0 Å². The lowest BCUT2D eigenvalue weighted by Crippen LogP contribution is -1.84. The van der Waals surface area contributed by atoms with E-state index in [9.17, 15) is 0 Å². The Kier molecular flexibility index (Phi) is 1.74. The SMILES string of the molecule is CC1CC1c1nc2cc(Cl)c(N)cc2o1. The first-order chi connectivity index (χ1) is 7.15. The summed E-state index contributed by atoms with van der Waals surface area (Å²) >= 11 is 5.91. The molecule has 15 heavy (non-hydrogen) atoms. The van der Waals surface area contributed by atoms with Crippen LogP contribution in [-0.2, 0) is 0 Å². The summed E-state index contributed by atoms with van der Waals surface area (Å²) in [4.78, 5) is 4.42. The molecule has 1 saturated carbocycles. The van der Waals surface area contributed by atoms with E-state index >= 15 is 0 Å². The Balaban J connectivity index is 2.13. The molecule has 3 rings (SSSR count). The number of hydrogen-bond donors (Lipinski definition) is 1. The summed E-state index contributed by atoms with van der Waals surface area (Å²) in [6, 6.07) is 3.49. The molecule has 1 aromatic heterocycles. The molecule has 1 aliphatic carbocycles. The maximum atomic E-state index is 5.91. The van der Waals surface area contributed by atoms with Crippen molar-refractivity contribution in [2.24, 2.45) is 5.92 Å². The maximum absolute atomic E-state index is 5.91. The quantitative estimate of drug-likeness (QED) is 0.754.